The van der Waals surface area contributed by atoms with Gasteiger partial charge in [0.2, 0.25) is 10.0 Å². The van der Waals surface area contributed by atoms with Crippen LogP contribution in [0.25, 0.3) is 0 Å². The number of halogens is 1. The van der Waals surface area contributed by atoms with Crippen LogP contribution in [0.1, 0.15) is 0 Å². The number of nitrogens with one attached hydrogen (secondary N) is 3. The molecule has 3 rings (SSSR count). The van der Waals surface area contributed by atoms with Gasteiger partial charge in [0.25, 0.3) is 0 Å². The zero-order valence-corrected chi connectivity index (χ0v) is 14.9. The minimum Gasteiger partial charge on any atom is -0.367 e. The van der Waals surface area contributed by atoms with Crippen molar-refractivity contribution in [3.05, 3.63) is 66.6 Å². The van der Waals surface area contributed by atoms with Gasteiger partial charge in [-0.2, -0.15) is 0 Å². The predicted molar refractivity (Wildman–Crippen MR) is 99.6 cm³/mol. The molecular formula is C17H17FN6O2S. The Bertz CT molecular complexity index is 984. The van der Waals surface area contributed by atoms with E-state index >= 15 is 0 Å². The van der Waals surface area contributed by atoms with Crippen LogP contribution >= 0.6 is 0 Å². The van der Waals surface area contributed by atoms with Crippen LogP contribution in [0, 0.1) is 5.82 Å². The lowest BCUT2D eigenvalue weighted by Gasteiger charge is -2.09. The van der Waals surface area contributed by atoms with E-state index in [1.165, 1.54) is 18.2 Å². The molecule has 3 aromatic rings. The normalized spacial score (nSPS) is 11.1. The first kappa shape index (κ1) is 18.7. The predicted octanol–water partition coefficient (Wildman–Crippen LogP) is 2.14. The highest BCUT2D eigenvalue weighted by Gasteiger charge is 2.13. The Kier molecular flexibility index (Phi) is 5.89. The zero-order chi connectivity index (χ0) is 19.1. The second kappa shape index (κ2) is 8.52. The molecule has 0 atom stereocenters. The molecule has 0 fully saturated rings. The number of hydrogen-bond acceptors (Lipinski definition) is 7. The smallest absolute Gasteiger partial charge is 0.240 e. The van der Waals surface area contributed by atoms with Crippen LogP contribution in [0.2, 0.25) is 0 Å². The van der Waals surface area contributed by atoms with Crippen LogP contribution in [-0.4, -0.2) is 36.7 Å². The molecule has 3 N–H and O–H groups in total. The Labute approximate surface area is 155 Å². The molecule has 8 nitrogen and oxygen atoms in total. The molecule has 0 saturated carbocycles. The van der Waals surface area contributed by atoms with E-state index in [1.807, 2.05) is 12.1 Å². The average Bonchev–Trinajstić information content (AvgIpc) is 2.67. The number of anilines is 3. The molecular weight excluding hydrogens is 371 g/mol. The highest BCUT2D eigenvalue weighted by atomic mass is 32.2. The Balaban J connectivity index is 1.48. The van der Waals surface area contributed by atoms with Crippen molar-refractivity contribution in [1.29, 1.82) is 0 Å². The van der Waals surface area contributed by atoms with E-state index in [0.29, 0.717) is 17.5 Å². The molecule has 1 aromatic carbocycles. The van der Waals surface area contributed by atoms with Gasteiger partial charge in [-0.3, -0.25) is 0 Å². The van der Waals surface area contributed by atoms with Crippen molar-refractivity contribution in [2.24, 2.45) is 0 Å². The molecule has 0 aliphatic rings. The van der Waals surface area contributed by atoms with Crippen molar-refractivity contribution in [3.63, 3.8) is 0 Å². The fourth-order valence-electron chi connectivity index (χ4n) is 2.15. The van der Waals surface area contributed by atoms with Gasteiger partial charge in [-0.25, -0.2) is 22.5 Å². The molecule has 140 valence electrons. The molecule has 0 radical (unpaired) electrons. The molecule has 0 aliphatic carbocycles. The second-order valence-corrected chi connectivity index (χ2v) is 7.19. The first-order valence-corrected chi connectivity index (χ1v) is 9.52. The van der Waals surface area contributed by atoms with Crippen LogP contribution in [0.3, 0.4) is 0 Å². The third-order valence-electron chi connectivity index (χ3n) is 3.42. The van der Waals surface area contributed by atoms with Crippen molar-refractivity contribution >= 4 is 27.5 Å². The first-order valence-electron chi connectivity index (χ1n) is 8.04. The summed E-state index contributed by atoms with van der Waals surface area (Å²) in [7, 11) is -3.76. The summed E-state index contributed by atoms with van der Waals surface area (Å²) in [5.41, 5.74) is 0. The molecule has 27 heavy (non-hydrogen) atoms. The third-order valence-corrected chi connectivity index (χ3v) is 4.87. The maximum absolute atomic E-state index is 13.1. The molecule has 0 spiro atoms. The van der Waals surface area contributed by atoms with Crippen molar-refractivity contribution in [3.8, 4) is 0 Å². The van der Waals surface area contributed by atoms with Gasteiger partial charge in [0, 0.05) is 19.3 Å². The van der Waals surface area contributed by atoms with Gasteiger partial charge in [-0.05, 0) is 42.5 Å². The molecule has 0 saturated heterocycles. The van der Waals surface area contributed by atoms with Gasteiger partial charge in [0.1, 0.15) is 17.5 Å². The number of hydrogen-bond donors (Lipinski definition) is 3. The van der Waals surface area contributed by atoms with Crippen LogP contribution < -0.4 is 15.4 Å². The maximum Gasteiger partial charge on any atom is 0.240 e. The van der Waals surface area contributed by atoms with Crippen LogP contribution in [-0.2, 0) is 10.0 Å². The largest absolute Gasteiger partial charge is 0.367 e. The summed E-state index contributed by atoms with van der Waals surface area (Å²) in [6.45, 7) is 0.394. The van der Waals surface area contributed by atoms with Gasteiger partial charge >= 0.3 is 0 Å². The van der Waals surface area contributed by atoms with Crippen molar-refractivity contribution in [1.82, 2.24) is 19.9 Å². The number of nitrogens with zero attached hydrogens (tertiary/aromatic N) is 3. The summed E-state index contributed by atoms with van der Waals surface area (Å²) >= 11 is 0. The number of pyridine rings is 1. The summed E-state index contributed by atoms with van der Waals surface area (Å²) in [6, 6.07) is 13.7. The highest BCUT2D eigenvalue weighted by molar-refractivity contribution is 7.89. The topological polar surface area (TPSA) is 109 Å². The van der Waals surface area contributed by atoms with Crippen molar-refractivity contribution in [2.45, 2.75) is 4.90 Å². The SMILES string of the molecule is O=S(=O)(NCCNc1ccc(Nc2ccccn2)nn1)c1cccc(F)c1. The Morgan fingerprint density at radius 3 is 2.41 bits per heavy atom. The summed E-state index contributed by atoms with van der Waals surface area (Å²) in [5, 5.41) is 14.0. The minimum absolute atomic E-state index is 0.106. The molecule has 0 aliphatic heterocycles. The minimum atomic E-state index is -3.76. The van der Waals surface area contributed by atoms with Gasteiger partial charge < -0.3 is 10.6 Å². The van der Waals surface area contributed by atoms with E-state index in [9.17, 15) is 12.8 Å². The van der Waals surface area contributed by atoms with Crippen LogP contribution in [0.15, 0.2) is 65.7 Å². The van der Waals surface area contributed by atoms with E-state index in [-0.39, 0.29) is 18.0 Å². The Morgan fingerprint density at radius 2 is 1.70 bits per heavy atom. The monoisotopic (exact) mass is 388 g/mol. The quantitative estimate of drug-likeness (QED) is 0.507. The molecule has 0 bridgehead atoms. The molecule has 0 unspecified atom stereocenters. The number of benzene rings is 1. The van der Waals surface area contributed by atoms with Gasteiger partial charge in [-0.1, -0.05) is 12.1 Å². The zero-order valence-electron chi connectivity index (χ0n) is 14.1. The van der Waals surface area contributed by atoms with E-state index < -0.39 is 15.8 Å². The van der Waals surface area contributed by atoms with Crippen LogP contribution in [0.4, 0.5) is 21.8 Å². The van der Waals surface area contributed by atoms with E-state index in [4.69, 9.17) is 0 Å². The fourth-order valence-corrected chi connectivity index (χ4v) is 3.22. The van der Waals surface area contributed by atoms with Crippen molar-refractivity contribution in [2.75, 3.05) is 23.7 Å². The Morgan fingerprint density at radius 1 is 0.889 bits per heavy atom. The van der Waals surface area contributed by atoms with Crippen molar-refractivity contribution < 1.29 is 12.8 Å². The average molecular weight is 388 g/mol. The standard InChI is InChI=1S/C17H17FN6O2S/c18-13-4-3-5-14(12-13)27(25,26)21-11-10-20-16-7-8-17(24-23-16)22-15-6-1-2-9-19-15/h1-9,12,21H,10-11H2,(H,20,23)(H,19,22,24). The van der Waals surface area contributed by atoms with E-state index in [0.717, 1.165) is 6.07 Å². The molecule has 2 aromatic heterocycles. The molecule has 0 amide bonds. The second-order valence-electron chi connectivity index (χ2n) is 5.43. The molecule has 10 heteroatoms. The molecule has 2 heterocycles. The maximum atomic E-state index is 13.1. The van der Waals surface area contributed by atoms with Gasteiger partial charge in [0.15, 0.2) is 5.82 Å². The summed E-state index contributed by atoms with van der Waals surface area (Å²) in [5.74, 6) is 1.07. The van der Waals surface area contributed by atoms with E-state index in [2.05, 4.69) is 30.5 Å². The summed E-state index contributed by atoms with van der Waals surface area (Å²) < 4.78 is 39.7. The number of aromatic nitrogens is 3. The fraction of sp³-hybridized carbons (Fsp3) is 0.118. The summed E-state index contributed by atoms with van der Waals surface area (Å²) in [4.78, 5) is 4.01. The van der Waals surface area contributed by atoms with Gasteiger partial charge in [0.05, 0.1) is 4.90 Å². The van der Waals surface area contributed by atoms with Gasteiger partial charge in [-0.15, -0.1) is 10.2 Å². The summed E-state index contributed by atoms with van der Waals surface area (Å²) in [6.07, 6.45) is 1.66. The lowest BCUT2D eigenvalue weighted by molar-refractivity contribution is 0.579. The highest BCUT2D eigenvalue weighted by Crippen LogP contribution is 2.12. The lowest BCUT2D eigenvalue weighted by atomic mass is 10.4. The third kappa shape index (κ3) is 5.43. The lowest BCUT2D eigenvalue weighted by Crippen LogP contribution is -2.29. The Hall–Kier alpha value is -3.11. The van der Waals surface area contributed by atoms with Crippen LogP contribution in [0.5, 0.6) is 0 Å². The first-order chi connectivity index (χ1) is 13.0. The number of sulfonamides is 1. The van der Waals surface area contributed by atoms with E-state index in [1.54, 1.807) is 24.4 Å². The number of rotatable bonds is 8.